The van der Waals surface area contributed by atoms with E-state index in [1.165, 1.54) is 5.56 Å². The quantitative estimate of drug-likeness (QED) is 0.865. The molecule has 0 atom stereocenters. The van der Waals surface area contributed by atoms with Crippen LogP contribution in [0.3, 0.4) is 0 Å². The van der Waals surface area contributed by atoms with Crippen LogP contribution >= 0.6 is 27.7 Å². The molecule has 0 spiro atoms. The van der Waals surface area contributed by atoms with Gasteiger partial charge in [0.15, 0.2) is 0 Å². The molecule has 1 heterocycles. The Balaban J connectivity index is 1.84. The average Bonchev–Trinajstić information content (AvgIpc) is 2.64. The second kappa shape index (κ2) is 5.50. The molecule has 0 bridgehead atoms. The van der Waals surface area contributed by atoms with E-state index in [1.807, 2.05) is 12.1 Å². The minimum absolute atomic E-state index is 0.623. The van der Waals surface area contributed by atoms with E-state index < -0.39 is 0 Å². The maximum absolute atomic E-state index is 5.29. The van der Waals surface area contributed by atoms with Gasteiger partial charge in [0.2, 0.25) is 11.8 Å². The van der Waals surface area contributed by atoms with E-state index in [2.05, 4.69) is 38.3 Å². The molecule has 84 valence electrons. The summed E-state index contributed by atoms with van der Waals surface area (Å²) in [5.74, 6) is 3.02. The third kappa shape index (κ3) is 3.35. The Hall–Kier alpha value is -0.810. The monoisotopic (exact) mass is 298 g/mol. The zero-order valence-corrected chi connectivity index (χ0v) is 11.2. The van der Waals surface area contributed by atoms with Crippen molar-refractivity contribution < 1.29 is 4.42 Å². The molecule has 0 fully saturated rings. The van der Waals surface area contributed by atoms with E-state index >= 15 is 0 Å². The van der Waals surface area contributed by atoms with Crippen molar-refractivity contribution in [3.8, 4) is 0 Å². The van der Waals surface area contributed by atoms with Crippen LogP contribution in [0.2, 0.25) is 0 Å². The van der Waals surface area contributed by atoms with Gasteiger partial charge >= 0.3 is 0 Å². The summed E-state index contributed by atoms with van der Waals surface area (Å²) in [7, 11) is 0. The van der Waals surface area contributed by atoms with Crippen molar-refractivity contribution in [2.45, 2.75) is 18.4 Å². The second-order valence-electron chi connectivity index (χ2n) is 3.34. The summed E-state index contributed by atoms with van der Waals surface area (Å²) in [6.07, 6.45) is 0. The fraction of sp³-hybridized carbons (Fsp3) is 0.273. The van der Waals surface area contributed by atoms with Crippen LogP contribution in [0.15, 0.2) is 33.2 Å². The molecule has 16 heavy (non-hydrogen) atoms. The molecule has 0 aliphatic heterocycles. The molecule has 2 rings (SSSR count). The Morgan fingerprint density at radius 3 is 2.88 bits per heavy atom. The summed E-state index contributed by atoms with van der Waals surface area (Å²) in [5.41, 5.74) is 1.29. The summed E-state index contributed by atoms with van der Waals surface area (Å²) >= 11 is 5.22. The third-order valence-electron chi connectivity index (χ3n) is 1.95. The van der Waals surface area contributed by atoms with E-state index in [0.717, 1.165) is 16.0 Å². The van der Waals surface area contributed by atoms with Crippen LogP contribution in [0.25, 0.3) is 0 Å². The number of hydrogen-bond acceptors (Lipinski definition) is 4. The molecule has 0 unspecified atom stereocenters. The van der Waals surface area contributed by atoms with Gasteiger partial charge < -0.3 is 4.42 Å². The lowest BCUT2D eigenvalue weighted by atomic mass is 10.2. The molecule has 2 aromatic rings. The van der Waals surface area contributed by atoms with Crippen molar-refractivity contribution >= 4 is 27.7 Å². The van der Waals surface area contributed by atoms with Crippen molar-refractivity contribution in [3.63, 3.8) is 0 Å². The highest BCUT2D eigenvalue weighted by atomic mass is 79.9. The van der Waals surface area contributed by atoms with Gasteiger partial charge in [-0.05, 0) is 17.7 Å². The molecule has 0 aliphatic rings. The summed E-state index contributed by atoms with van der Waals surface area (Å²) in [6, 6.07) is 8.29. The van der Waals surface area contributed by atoms with Crippen LogP contribution in [0.4, 0.5) is 0 Å². The number of nitrogens with zero attached hydrogens (tertiary/aromatic N) is 2. The largest absolute Gasteiger partial charge is 0.425 e. The molecule has 0 N–H and O–H groups in total. The summed E-state index contributed by atoms with van der Waals surface area (Å²) in [4.78, 5) is 0. The second-order valence-corrected chi connectivity index (χ2v) is 5.24. The zero-order chi connectivity index (χ0) is 11.4. The molecule has 0 amide bonds. The van der Waals surface area contributed by atoms with Crippen LogP contribution in [0.1, 0.15) is 17.3 Å². The van der Waals surface area contributed by atoms with Crippen molar-refractivity contribution in [3.05, 3.63) is 46.1 Å². The number of aromatic nitrogens is 2. The Morgan fingerprint density at radius 1 is 1.31 bits per heavy atom. The molecular formula is C11H11BrN2OS. The predicted octanol–water partition coefficient (Wildman–Crippen LogP) is 3.57. The molecule has 3 nitrogen and oxygen atoms in total. The molecule has 0 radical (unpaired) electrons. The van der Waals surface area contributed by atoms with Crippen LogP contribution < -0.4 is 0 Å². The third-order valence-corrected chi connectivity index (χ3v) is 3.43. The van der Waals surface area contributed by atoms with Crippen LogP contribution in [0.5, 0.6) is 0 Å². The fourth-order valence-electron chi connectivity index (χ4n) is 1.28. The summed E-state index contributed by atoms with van der Waals surface area (Å²) < 4.78 is 6.40. The number of hydrogen-bond donors (Lipinski definition) is 0. The van der Waals surface area contributed by atoms with Gasteiger partial charge in [0.25, 0.3) is 0 Å². The topological polar surface area (TPSA) is 38.9 Å². The minimum atomic E-state index is 0.623. The van der Waals surface area contributed by atoms with Crippen LogP contribution in [-0.2, 0) is 11.5 Å². The van der Waals surface area contributed by atoms with E-state index in [1.54, 1.807) is 18.7 Å². The van der Waals surface area contributed by atoms with Gasteiger partial charge in [-0.15, -0.1) is 22.0 Å². The van der Waals surface area contributed by atoms with Crippen molar-refractivity contribution in [1.29, 1.82) is 0 Å². The van der Waals surface area contributed by atoms with Crippen LogP contribution in [-0.4, -0.2) is 10.2 Å². The highest BCUT2D eigenvalue weighted by molar-refractivity contribution is 9.10. The molecule has 0 saturated carbocycles. The Kier molecular flexibility index (Phi) is 4.01. The summed E-state index contributed by atoms with van der Waals surface area (Å²) in [5, 5.41) is 7.74. The lowest BCUT2D eigenvalue weighted by Gasteiger charge is -2.00. The molecular weight excluding hydrogens is 288 g/mol. The normalized spacial score (nSPS) is 10.6. The van der Waals surface area contributed by atoms with Crippen molar-refractivity contribution in [2.75, 3.05) is 0 Å². The fourth-order valence-corrected chi connectivity index (χ4v) is 2.53. The van der Waals surface area contributed by atoms with E-state index in [0.29, 0.717) is 11.8 Å². The van der Waals surface area contributed by atoms with Crippen molar-refractivity contribution in [2.24, 2.45) is 0 Å². The average molecular weight is 299 g/mol. The molecule has 5 heteroatoms. The highest BCUT2D eigenvalue weighted by Crippen LogP contribution is 2.19. The molecule has 1 aromatic carbocycles. The SMILES string of the molecule is Cc1nnc(CSCc2cccc(Br)c2)o1. The first-order chi connectivity index (χ1) is 7.74. The van der Waals surface area contributed by atoms with E-state index in [-0.39, 0.29) is 0 Å². The lowest BCUT2D eigenvalue weighted by Crippen LogP contribution is -1.84. The van der Waals surface area contributed by atoms with Gasteiger partial charge in [-0.2, -0.15) is 0 Å². The molecule has 0 aliphatic carbocycles. The van der Waals surface area contributed by atoms with Crippen molar-refractivity contribution in [1.82, 2.24) is 10.2 Å². The number of halogens is 1. The number of aryl methyl sites for hydroxylation is 1. The Morgan fingerprint density at radius 2 is 2.19 bits per heavy atom. The molecule has 0 saturated heterocycles. The number of rotatable bonds is 4. The maximum atomic E-state index is 5.29. The van der Waals surface area contributed by atoms with Gasteiger partial charge in [0.05, 0.1) is 5.75 Å². The first kappa shape index (κ1) is 11.7. The lowest BCUT2D eigenvalue weighted by molar-refractivity contribution is 0.485. The Labute approximate surface area is 107 Å². The van der Waals surface area contributed by atoms with Gasteiger partial charge in [-0.25, -0.2) is 0 Å². The maximum Gasteiger partial charge on any atom is 0.226 e. The first-order valence-electron chi connectivity index (χ1n) is 4.85. The zero-order valence-electron chi connectivity index (χ0n) is 8.81. The summed E-state index contributed by atoms with van der Waals surface area (Å²) in [6.45, 7) is 1.80. The van der Waals surface area contributed by atoms with Gasteiger partial charge in [-0.3, -0.25) is 0 Å². The van der Waals surface area contributed by atoms with Gasteiger partial charge in [0, 0.05) is 17.1 Å². The number of thioether (sulfide) groups is 1. The standard InChI is InChI=1S/C11H11BrN2OS/c1-8-13-14-11(15-8)7-16-6-9-3-2-4-10(12)5-9/h2-5H,6-7H2,1H3. The van der Waals surface area contributed by atoms with Crippen LogP contribution in [0, 0.1) is 6.92 Å². The minimum Gasteiger partial charge on any atom is -0.425 e. The Bertz CT molecular complexity index is 473. The molecule has 1 aromatic heterocycles. The highest BCUT2D eigenvalue weighted by Gasteiger charge is 2.02. The van der Waals surface area contributed by atoms with E-state index in [4.69, 9.17) is 4.42 Å². The van der Waals surface area contributed by atoms with Gasteiger partial charge in [0.1, 0.15) is 0 Å². The van der Waals surface area contributed by atoms with Gasteiger partial charge in [-0.1, -0.05) is 28.1 Å². The first-order valence-corrected chi connectivity index (χ1v) is 6.80. The smallest absolute Gasteiger partial charge is 0.226 e. The number of benzene rings is 1. The predicted molar refractivity (Wildman–Crippen MR) is 68.2 cm³/mol. The van der Waals surface area contributed by atoms with E-state index in [9.17, 15) is 0 Å².